The number of aliphatic hydroxyl groups is 1. The minimum Gasteiger partial charge on any atom is -0.379 e. The minimum absolute atomic E-state index is 0.549. The summed E-state index contributed by atoms with van der Waals surface area (Å²) < 4.78 is 0. The Morgan fingerprint density at radius 1 is 1.21 bits per heavy atom. The van der Waals surface area contributed by atoms with E-state index in [0.29, 0.717) is 5.82 Å². The van der Waals surface area contributed by atoms with Crippen molar-refractivity contribution in [3.8, 4) is 0 Å². The maximum atomic E-state index is 10.1. The highest BCUT2D eigenvalue weighted by Crippen LogP contribution is 2.22. The predicted octanol–water partition coefficient (Wildman–Crippen LogP) is 1.93. The van der Waals surface area contributed by atoms with E-state index in [1.807, 2.05) is 12.1 Å². The molecule has 2 N–H and O–H groups in total. The van der Waals surface area contributed by atoms with Crippen molar-refractivity contribution in [3.63, 3.8) is 0 Å². The molecule has 0 radical (unpaired) electrons. The molecule has 0 aromatic carbocycles. The molecule has 0 aliphatic carbocycles. The van der Waals surface area contributed by atoms with Gasteiger partial charge in [-0.2, -0.15) is 0 Å². The van der Waals surface area contributed by atoms with Crippen LogP contribution in [-0.4, -0.2) is 25.0 Å². The largest absolute Gasteiger partial charge is 0.379 e. The van der Waals surface area contributed by atoms with Gasteiger partial charge in [-0.25, -0.2) is 4.98 Å². The summed E-state index contributed by atoms with van der Waals surface area (Å²) in [6.07, 6.45) is 6.93. The lowest BCUT2D eigenvalue weighted by atomic mass is 10.1. The molecule has 0 amide bonds. The second-order valence-electron chi connectivity index (χ2n) is 4.13. The molecule has 96 valence electrons. The zero-order valence-electron chi connectivity index (χ0n) is 10.0. The molecule has 5 nitrogen and oxygen atoms in total. The molecular weight excluding hydrogens is 260 g/mol. The molecule has 3 aromatic heterocycles. The van der Waals surface area contributed by atoms with Crippen molar-refractivity contribution in [3.05, 3.63) is 64.4 Å². The van der Waals surface area contributed by atoms with Crippen LogP contribution >= 0.6 is 11.3 Å². The van der Waals surface area contributed by atoms with Crippen LogP contribution in [0.1, 0.15) is 28.1 Å². The van der Waals surface area contributed by atoms with Gasteiger partial charge in [0.1, 0.15) is 11.9 Å². The highest BCUT2D eigenvalue weighted by molar-refractivity contribution is 7.09. The van der Waals surface area contributed by atoms with Crippen LogP contribution in [0.25, 0.3) is 0 Å². The summed E-state index contributed by atoms with van der Waals surface area (Å²) in [6, 6.07) is 3.92. The number of nitrogens with zero attached hydrogens (tertiary/aromatic N) is 3. The second kappa shape index (κ2) is 5.29. The van der Waals surface area contributed by atoms with Crippen LogP contribution in [0, 0.1) is 0 Å². The van der Waals surface area contributed by atoms with E-state index in [-0.39, 0.29) is 0 Å². The number of hydrogen-bond acceptors (Lipinski definition) is 5. The monoisotopic (exact) mass is 272 g/mol. The van der Waals surface area contributed by atoms with Gasteiger partial charge in [-0.3, -0.25) is 9.97 Å². The summed E-state index contributed by atoms with van der Waals surface area (Å²) >= 11 is 1.41. The highest BCUT2D eigenvalue weighted by Gasteiger charge is 2.15. The minimum atomic E-state index is -0.737. The van der Waals surface area contributed by atoms with Crippen molar-refractivity contribution in [2.75, 3.05) is 0 Å². The number of thiazole rings is 1. The molecule has 6 heteroatoms. The first-order valence-electron chi connectivity index (χ1n) is 5.82. The van der Waals surface area contributed by atoms with E-state index in [1.54, 1.807) is 30.3 Å². The van der Waals surface area contributed by atoms with E-state index < -0.39 is 6.10 Å². The number of aromatic amines is 1. The molecule has 0 spiro atoms. The zero-order valence-corrected chi connectivity index (χ0v) is 10.8. The fraction of sp³-hybridized carbons (Fsp3) is 0.154. The summed E-state index contributed by atoms with van der Waals surface area (Å²) in [5.41, 5.74) is 3.81. The van der Waals surface area contributed by atoms with Crippen LogP contribution in [0.3, 0.4) is 0 Å². The average Bonchev–Trinajstić information content (AvgIpc) is 3.10. The second-order valence-corrected chi connectivity index (χ2v) is 5.05. The normalized spacial score (nSPS) is 12.5. The average molecular weight is 272 g/mol. The fourth-order valence-electron chi connectivity index (χ4n) is 1.82. The number of imidazole rings is 1. The van der Waals surface area contributed by atoms with Gasteiger partial charge >= 0.3 is 0 Å². The summed E-state index contributed by atoms with van der Waals surface area (Å²) in [5.74, 6) is 0.549. The highest BCUT2D eigenvalue weighted by atomic mass is 32.1. The molecule has 0 aliphatic rings. The van der Waals surface area contributed by atoms with Crippen molar-refractivity contribution in [1.82, 2.24) is 19.9 Å². The number of hydrogen-bond donors (Lipinski definition) is 2. The molecule has 0 saturated carbocycles. The summed E-state index contributed by atoms with van der Waals surface area (Å²) in [7, 11) is 0. The van der Waals surface area contributed by atoms with Gasteiger partial charge in [-0.15, -0.1) is 11.3 Å². The lowest BCUT2D eigenvalue weighted by Gasteiger charge is -2.03. The number of pyridine rings is 1. The Morgan fingerprint density at radius 2 is 2.05 bits per heavy atom. The molecule has 1 atom stereocenters. The maximum absolute atomic E-state index is 10.1. The quantitative estimate of drug-likeness (QED) is 0.761. The van der Waals surface area contributed by atoms with Crippen molar-refractivity contribution in [2.45, 2.75) is 12.5 Å². The lowest BCUT2D eigenvalue weighted by molar-refractivity contribution is 0.214. The topological polar surface area (TPSA) is 74.7 Å². The first-order chi connectivity index (χ1) is 9.33. The van der Waals surface area contributed by atoms with Gasteiger partial charge < -0.3 is 10.1 Å². The van der Waals surface area contributed by atoms with Gasteiger partial charge in [0.05, 0.1) is 10.4 Å². The van der Waals surface area contributed by atoms with Crippen LogP contribution in [0.2, 0.25) is 0 Å². The molecule has 3 heterocycles. The van der Waals surface area contributed by atoms with Crippen molar-refractivity contribution in [1.29, 1.82) is 0 Å². The third kappa shape index (κ3) is 2.69. The van der Waals surface area contributed by atoms with Crippen molar-refractivity contribution >= 4 is 11.3 Å². The van der Waals surface area contributed by atoms with Gasteiger partial charge in [0.15, 0.2) is 0 Å². The van der Waals surface area contributed by atoms with E-state index >= 15 is 0 Å². The van der Waals surface area contributed by atoms with Crippen LogP contribution in [0.4, 0.5) is 0 Å². The molecule has 0 aliphatic heterocycles. The van der Waals surface area contributed by atoms with Crippen molar-refractivity contribution in [2.24, 2.45) is 0 Å². The molecule has 0 fully saturated rings. The van der Waals surface area contributed by atoms with E-state index in [9.17, 15) is 5.11 Å². The standard InChI is InChI=1S/C13H12N4OS/c18-12(11-7-15-8-19-11)13-16-6-10(17-13)5-9-1-3-14-4-2-9/h1-4,6-8,12,18H,5H2,(H,16,17)/t12-/m0/s1. The van der Waals surface area contributed by atoms with Gasteiger partial charge in [-0.1, -0.05) is 0 Å². The Balaban J connectivity index is 1.76. The molecule has 3 aromatic rings. The molecule has 0 unspecified atom stereocenters. The molecule has 0 saturated heterocycles. The van der Waals surface area contributed by atoms with Crippen LogP contribution in [-0.2, 0) is 6.42 Å². The van der Waals surface area contributed by atoms with Gasteiger partial charge in [0.2, 0.25) is 0 Å². The Morgan fingerprint density at radius 3 is 2.79 bits per heavy atom. The first kappa shape index (κ1) is 12.0. The van der Waals surface area contributed by atoms with Gasteiger partial charge in [0, 0.05) is 36.9 Å². The van der Waals surface area contributed by atoms with Gasteiger partial charge in [0.25, 0.3) is 0 Å². The number of aliphatic hydroxyl groups excluding tert-OH is 1. The van der Waals surface area contributed by atoms with E-state index in [2.05, 4.69) is 19.9 Å². The van der Waals surface area contributed by atoms with Gasteiger partial charge in [-0.05, 0) is 17.7 Å². The summed E-state index contributed by atoms with van der Waals surface area (Å²) in [6.45, 7) is 0. The Hall–Kier alpha value is -2.05. The molecule has 3 rings (SSSR count). The first-order valence-corrected chi connectivity index (χ1v) is 6.70. The van der Waals surface area contributed by atoms with E-state index in [1.165, 1.54) is 11.3 Å². The van der Waals surface area contributed by atoms with E-state index in [0.717, 1.165) is 22.6 Å². The third-order valence-corrected chi connectivity index (χ3v) is 3.60. The zero-order chi connectivity index (χ0) is 13.1. The number of rotatable bonds is 4. The molecular formula is C13H12N4OS. The fourth-order valence-corrected chi connectivity index (χ4v) is 2.43. The van der Waals surface area contributed by atoms with Crippen LogP contribution in [0.5, 0.6) is 0 Å². The lowest BCUT2D eigenvalue weighted by Crippen LogP contribution is -2.00. The summed E-state index contributed by atoms with van der Waals surface area (Å²) in [5, 5.41) is 10.1. The van der Waals surface area contributed by atoms with E-state index in [4.69, 9.17) is 0 Å². The maximum Gasteiger partial charge on any atom is 0.147 e. The van der Waals surface area contributed by atoms with Crippen LogP contribution < -0.4 is 0 Å². The Kier molecular flexibility index (Phi) is 3.35. The summed E-state index contributed by atoms with van der Waals surface area (Å²) in [4.78, 5) is 16.1. The molecule has 19 heavy (non-hydrogen) atoms. The number of aromatic nitrogens is 4. The Labute approximate surface area is 114 Å². The Bertz CT molecular complexity index is 636. The third-order valence-electron chi connectivity index (χ3n) is 2.77. The van der Waals surface area contributed by atoms with Crippen LogP contribution in [0.15, 0.2) is 42.4 Å². The SMILES string of the molecule is O[C@H](c1ncc(Cc2ccncc2)[nH]1)c1cncs1. The smallest absolute Gasteiger partial charge is 0.147 e. The number of H-pyrrole nitrogens is 1. The number of nitrogens with one attached hydrogen (secondary N) is 1. The predicted molar refractivity (Wildman–Crippen MR) is 71.8 cm³/mol. The van der Waals surface area contributed by atoms with Crippen molar-refractivity contribution < 1.29 is 5.11 Å². The molecule has 0 bridgehead atoms.